The summed E-state index contributed by atoms with van der Waals surface area (Å²) in [7, 11) is 0. The van der Waals surface area contributed by atoms with Crippen molar-refractivity contribution in [3.05, 3.63) is 49.6 Å². The molecule has 19 heavy (non-hydrogen) atoms. The molecule has 0 bridgehead atoms. The second-order valence-corrected chi connectivity index (χ2v) is 6.58. The molecular formula is C14H13BrCl2OS. The monoisotopic (exact) mass is 378 g/mol. The van der Waals surface area contributed by atoms with Crippen LogP contribution in [-0.4, -0.2) is 6.61 Å². The van der Waals surface area contributed by atoms with Gasteiger partial charge in [-0.3, -0.25) is 0 Å². The van der Waals surface area contributed by atoms with Crippen molar-refractivity contribution in [1.29, 1.82) is 0 Å². The number of aryl methyl sites for hydroxylation is 1. The molecule has 1 unspecified atom stereocenters. The van der Waals surface area contributed by atoms with Crippen molar-refractivity contribution in [1.82, 2.24) is 0 Å². The number of ether oxygens (including phenoxy) is 1. The van der Waals surface area contributed by atoms with Gasteiger partial charge in [-0.2, -0.15) is 11.3 Å². The van der Waals surface area contributed by atoms with E-state index in [2.05, 4.69) is 33.6 Å². The van der Waals surface area contributed by atoms with Crippen LogP contribution in [-0.2, 0) is 0 Å². The molecule has 0 aliphatic rings. The summed E-state index contributed by atoms with van der Waals surface area (Å²) in [6, 6.07) is 3.64. The summed E-state index contributed by atoms with van der Waals surface area (Å²) in [5, 5.41) is 5.47. The molecule has 0 aliphatic carbocycles. The molecule has 0 radical (unpaired) electrons. The highest BCUT2D eigenvalue weighted by Crippen LogP contribution is 2.41. The maximum absolute atomic E-state index is 6.34. The minimum absolute atomic E-state index is 0.0411. The fourth-order valence-electron chi connectivity index (χ4n) is 1.80. The molecular weight excluding hydrogens is 367 g/mol. The van der Waals surface area contributed by atoms with Crippen molar-refractivity contribution in [2.75, 3.05) is 6.61 Å². The lowest BCUT2D eigenvalue weighted by Gasteiger charge is -2.15. The third kappa shape index (κ3) is 3.27. The first kappa shape index (κ1) is 15.2. The van der Waals surface area contributed by atoms with Crippen LogP contribution < -0.4 is 4.74 Å². The third-order valence-electron chi connectivity index (χ3n) is 2.79. The van der Waals surface area contributed by atoms with E-state index in [4.69, 9.17) is 27.9 Å². The van der Waals surface area contributed by atoms with Gasteiger partial charge in [0.05, 0.1) is 16.5 Å². The van der Waals surface area contributed by atoms with Crippen LogP contribution >= 0.6 is 50.5 Å². The molecule has 0 spiro atoms. The Morgan fingerprint density at radius 1 is 1.21 bits per heavy atom. The van der Waals surface area contributed by atoms with Gasteiger partial charge in [-0.15, -0.1) is 0 Å². The Hall–Kier alpha value is -0.220. The Morgan fingerprint density at radius 3 is 2.53 bits per heavy atom. The van der Waals surface area contributed by atoms with Crippen molar-refractivity contribution in [2.24, 2.45) is 0 Å². The van der Waals surface area contributed by atoms with Crippen LogP contribution in [0.25, 0.3) is 0 Å². The maximum atomic E-state index is 6.34. The van der Waals surface area contributed by atoms with Crippen molar-refractivity contribution in [3.63, 3.8) is 0 Å². The molecule has 102 valence electrons. The van der Waals surface area contributed by atoms with Gasteiger partial charge in [-0.05, 0) is 47.4 Å². The zero-order valence-electron chi connectivity index (χ0n) is 10.5. The van der Waals surface area contributed by atoms with E-state index in [0.29, 0.717) is 22.4 Å². The van der Waals surface area contributed by atoms with Gasteiger partial charge in [-0.25, -0.2) is 0 Å². The van der Waals surface area contributed by atoms with Crippen LogP contribution in [0, 0.1) is 6.92 Å². The van der Waals surface area contributed by atoms with Gasteiger partial charge in [-0.1, -0.05) is 39.1 Å². The van der Waals surface area contributed by atoms with E-state index in [1.165, 1.54) is 11.1 Å². The summed E-state index contributed by atoms with van der Waals surface area (Å²) in [6.45, 7) is 4.57. The lowest BCUT2D eigenvalue weighted by Crippen LogP contribution is -1.97. The predicted octanol–water partition coefficient (Wildman–Crippen LogP) is 6.25. The summed E-state index contributed by atoms with van der Waals surface area (Å²) in [5.41, 5.74) is 3.41. The number of rotatable bonds is 4. The molecule has 0 saturated carbocycles. The van der Waals surface area contributed by atoms with Gasteiger partial charge in [0.2, 0.25) is 0 Å². The zero-order valence-corrected chi connectivity index (χ0v) is 14.5. The normalized spacial score (nSPS) is 12.5. The lowest BCUT2D eigenvalue weighted by atomic mass is 10.0. The summed E-state index contributed by atoms with van der Waals surface area (Å²) in [5.74, 6) is 0.625. The Labute approximate surface area is 135 Å². The van der Waals surface area contributed by atoms with Crippen LogP contribution in [0.2, 0.25) is 10.0 Å². The highest BCUT2D eigenvalue weighted by molar-refractivity contribution is 9.09. The van der Waals surface area contributed by atoms with Crippen LogP contribution in [0.1, 0.15) is 28.4 Å². The van der Waals surface area contributed by atoms with Crippen LogP contribution in [0.4, 0.5) is 0 Å². The predicted molar refractivity (Wildman–Crippen MR) is 87.5 cm³/mol. The first-order valence-electron chi connectivity index (χ1n) is 5.83. The van der Waals surface area contributed by atoms with E-state index in [1.807, 2.05) is 13.0 Å². The van der Waals surface area contributed by atoms with Crippen molar-refractivity contribution < 1.29 is 4.74 Å². The second-order valence-electron chi connectivity index (χ2n) is 4.11. The minimum atomic E-state index is 0.0411. The summed E-state index contributed by atoms with van der Waals surface area (Å²) >= 11 is 17.9. The maximum Gasteiger partial charge on any atom is 0.139 e. The number of thiophene rings is 1. The zero-order chi connectivity index (χ0) is 14.0. The summed E-state index contributed by atoms with van der Waals surface area (Å²) in [6.07, 6.45) is 0. The molecule has 1 atom stereocenters. The van der Waals surface area contributed by atoms with E-state index >= 15 is 0 Å². The molecule has 0 aliphatic heterocycles. The molecule has 0 amide bonds. The fourth-order valence-corrected chi connectivity index (χ4v) is 4.35. The van der Waals surface area contributed by atoms with E-state index < -0.39 is 0 Å². The SMILES string of the molecule is CCOc1cc(Cl)c(C(Br)c2cscc2C)cc1Cl. The first-order chi connectivity index (χ1) is 9.04. The van der Waals surface area contributed by atoms with Crippen LogP contribution in [0.5, 0.6) is 5.75 Å². The Bertz CT molecular complexity index is 583. The van der Waals surface area contributed by atoms with Gasteiger partial charge >= 0.3 is 0 Å². The van der Waals surface area contributed by atoms with E-state index in [1.54, 1.807) is 17.4 Å². The van der Waals surface area contributed by atoms with E-state index in [0.717, 1.165) is 5.56 Å². The van der Waals surface area contributed by atoms with E-state index in [9.17, 15) is 0 Å². The standard InChI is InChI=1S/C14H13BrCl2OS/c1-3-18-13-5-11(16)9(4-12(13)17)14(15)10-7-19-6-8(10)2/h4-7,14H,3H2,1-2H3. The molecule has 0 fully saturated rings. The second kappa shape index (κ2) is 6.49. The Morgan fingerprint density at radius 2 is 1.95 bits per heavy atom. The lowest BCUT2D eigenvalue weighted by molar-refractivity contribution is 0.340. The molecule has 1 nitrogen and oxygen atoms in total. The Kier molecular flexibility index (Phi) is 5.18. The van der Waals surface area contributed by atoms with Gasteiger partial charge in [0.15, 0.2) is 0 Å². The van der Waals surface area contributed by atoms with Crippen molar-refractivity contribution >= 4 is 50.5 Å². The van der Waals surface area contributed by atoms with Crippen LogP contribution in [0.3, 0.4) is 0 Å². The average Bonchev–Trinajstić information content (AvgIpc) is 2.79. The van der Waals surface area contributed by atoms with Crippen LogP contribution in [0.15, 0.2) is 22.9 Å². The van der Waals surface area contributed by atoms with Gasteiger partial charge < -0.3 is 4.74 Å². The number of alkyl halides is 1. The number of hydrogen-bond acceptors (Lipinski definition) is 2. The average molecular weight is 380 g/mol. The fraction of sp³-hybridized carbons (Fsp3) is 0.286. The highest BCUT2D eigenvalue weighted by Gasteiger charge is 2.18. The molecule has 5 heteroatoms. The molecule has 0 N–H and O–H groups in total. The quantitative estimate of drug-likeness (QED) is 0.570. The number of hydrogen-bond donors (Lipinski definition) is 0. The molecule has 1 aromatic carbocycles. The smallest absolute Gasteiger partial charge is 0.139 e. The highest BCUT2D eigenvalue weighted by atomic mass is 79.9. The molecule has 1 aromatic heterocycles. The van der Waals surface area contributed by atoms with Crippen molar-refractivity contribution in [3.8, 4) is 5.75 Å². The van der Waals surface area contributed by atoms with Gasteiger partial charge in [0.25, 0.3) is 0 Å². The third-order valence-corrected chi connectivity index (χ3v) is 5.28. The largest absolute Gasteiger partial charge is 0.492 e. The molecule has 0 saturated heterocycles. The molecule has 2 rings (SSSR count). The number of benzene rings is 1. The molecule has 1 heterocycles. The summed E-state index contributed by atoms with van der Waals surface area (Å²) < 4.78 is 5.44. The Balaban J connectivity index is 2.40. The van der Waals surface area contributed by atoms with E-state index in [-0.39, 0.29) is 4.83 Å². The van der Waals surface area contributed by atoms with Crippen molar-refractivity contribution in [2.45, 2.75) is 18.7 Å². The molecule has 2 aromatic rings. The number of halogens is 3. The topological polar surface area (TPSA) is 9.23 Å². The minimum Gasteiger partial charge on any atom is -0.492 e. The van der Waals surface area contributed by atoms with Gasteiger partial charge in [0.1, 0.15) is 5.75 Å². The van der Waals surface area contributed by atoms with Gasteiger partial charge in [0, 0.05) is 11.1 Å². The summed E-state index contributed by atoms with van der Waals surface area (Å²) in [4.78, 5) is 0.0411. The first-order valence-corrected chi connectivity index (χ1v) is 8.44.